The summed E-state index contributed by atoms with van der Waals surface area (Å²) < 4.78 is 14.2. The molecule has 2 rings (SSSR count). The molecule has 7 nitrogen and oxygen atoms in total. The number of aromatic nitrogens is 3. The first-order chi connectivity index (χ1) is 9.45. The number of carboxylic acid groups (broad SMARTS) is 1. The van der Waals surface area contributed by atoms with E-state index in [4.69, 9.17) is 5.11 Å². The highest BCUT2D eigenvalue weighted by Gasteiger charge is 2.11. The molecule has 0 atom stereocenters. The van der Waals surface area contributed by atoms with E-state index in [-0.39, 0.29) is 12.2 Å². The monoisotopic (exact) mass is 278 g/mol. The minimum atomic E-state index is -1.22. The summed E-state index contributed by atoms with van der Waals surface area (Å²) in [5, 5.41) is 18.1. The second-order valence-electron chi connectivity index (χ2n) is 4.11. The summed E-state index contributed by atoms with van der Waals surface area (Å²) >= 11 is 0. The predicted octanol–water partition coefficient (Wildman–Crippen LogP) is 1.06. The van der Waals surface area contributed by atoms with Crippen molar-refractivity contribution >= 4 is 17.6 Å². The lowest BCUT2D eigenvalue weighted by Gasteiger charge is -2.08. The fourth-order valence-electron chi connectivity index (χ4n) is 1.54. The van der Waals surface area contributed by atoms with Crippen molar-refractivity contribution < 1.29 is 19.1 Å². The summed E-state index contributed by atoms with van der Waals surface area (Å²) in [7, 11) is 0. The molecule has 1 aromatic heterocycles. The van der Waals surface area contributed by atoms with Crippen LogP contribution in [-0.2, 0) is 11.3 Å². The SMILES string of the molecule is Cc1ccc(F)cc1NC(=O)Cn1cc(C(=O)O)nn1. The van der Waals surface area contributed by atoms with Crippen molar-refractivity contribution in [3.63, 3.8) is 0 Å². The van der Waals surface area contributed by atoms with Crippen molar-refractivity contribution in [2.24, 2.45) is 0 Å². The van der Waals surface area contributed by atoms with Crippen molar-refractivity contribution in [3.05, 3.63) is 41.5 Å². The van der Waals surface area contributed by atoms with Gasteiger partial charge in [-0.1, -0.05) is 11.3 Å². The lowest BCUT2D eigenvalue weighted by molar-refractivity contribution is -0.116. The number of hydrogen-bond acceptors (Lipinski definition) is 4. The molecule has 8 heteroatoms. The number of rotatable bonds is 4. The molecule has 0 aliphatic carbocycles. The molecule has 1 aromatic carbocycles. The van der Waals surface area contributed by atoms with Gasteiger partial charge in [0.15, 0.2) is 5.69 Å². The second kappa shape index (κ2) is 5.47. The van der Waals surface area contributed by atoms with E-state index in [0.717, 1.165) is 10.9 Å². The molecule has 0 spiro atoms. The lowest BCUT2D eigenvalue weighted by Crippen LogP contribution is -2.19. The zero-order chi connectivity index (χ0) is 14.7. The molecule has 2 N–H and O–H groups in total. The molecular formula is C12H11FN4O3. The minimum Gasteiger partial charge on any atom is -0.476 e. The van der Waals surface area contributed by atoms with Crippen molar-refractivity contribution in [2.45, 2.75) is 13.5 Å². The summed E-state index contributed by atoms with van der Waals surface area (Å²) in [6.45, 7) is 1.52. The standard InChI is InChI=1S/C12H11FN4O3/c1-7-2-3-8(13)4-9(7)14-11(18)6-17-5-10(12(19)20)15-16-17/h2-5H,6H2,1H3,(H,14,18)(H,19,20). The highest BCUT2D eigenvalue weighted by molar-refractivity contribution is 5.91. The Morgan fingerprint density at radius 1 is 1.45 bits per heavy atom. The Kier molecular flexibility index (Phi) is 3.74. The van der Waals surface area contributed by atoms with Crippen LogP contribution < -0.4 is 5.32 Å². The summed E-state index contributed by atoms with van der Waals surface area (Å²) in [4.78, 5) is 22.4. The van der Waals surface area contributed by atoms with Gasteiger partial charge in [0.2, 0.25) is 5.91 Å². The molecule has 0 radical (unpaired) electrons. The smallest absolute Gasteiger partial charge is 0.358 e. The van der Waals surface area contributed by atoms with E-state index in [2.05, 4.69) is 15.6 Å². The molecule has 20 heavy (non-hydrogen) atoms. The first-order valence-corrected chi connectivity index (χ1v) is 5.65. The van der Waals surface area contributed by atoms with Gasteiger partial charge in [-0.25, -0.2) is 13.9 Å². The molecule has 104 valence electrons. The number of carbonyl (C=O) groups is 2. The molecule has 0 bridgehead atoms. The van der Waals surface area contributed by atoms with Crippen LogP contribution >= 0.6 is 0 Å². The quantitative estimate of drug-likeness (QED) is 0.871. The van der Waals surface area contributed by atoms with Gasteiger partial charge >= 0.3 is 5.97 Å². The maximum Gasteiger partial charge on any atom is 0.358 e. The van der Waals surface area contributed by atoms with Gasteiger partial charge in [-0.3, -0.25) is 4.79 Å². The maximum atomic E-state index is 13.1. The van der Waals surface area contributed by atoms with Crippen LogP contribution in [-0.4, -0.2) is 32.0 Å². The van der Waals surface area contributed by atoms with Gasteiger partial charge in [-0.15, -0.1) is 5.10 Å². The summed E-state index contributed by atoms with van der Waals surface area (Å²) in [5.41, 5.74) is 0.817. The molecule has 0 aliphatic heterocycles. The summed E-state index contributed by atoms with van der Waals surface area (Å²) in [5.74, 6) is -2.14. The van der Waals surface area contributed by atoms with Gasteiger partial charge in [0.05, 0.1) is 6.20 Å². The Labute approximate surface area is 113 Å². The summed E-state index contributed by atoms with van der Waals surface area (Å²) in [6, 6.07) is 4.04. The van der Waals surface area contributed by atoms with Crippen LogP contribution in [0.15, 0.2) is 24.4 Å². The molecule has 2 aromatic rings. The number of carboxylic acids is 1. The van der Waals surface area contributed by atoms with E-state index in [1.807, 2.05) is 0 Å². The molecule has 0 fully saturated rings. The van der Waals surface area contributed by atoms with Crippen LogP contribution in [0.4, 0.5) is 10.1 Å². The van der Waals surface area contributed by atoms with Crippen LogP contribution in [0.5, 0.6) is 0 Å². The number of aromatic carboxylic acids is 1. The average Bonchev–Trinajstić information content (AvgIpc) is 2.82. The Bertz CT molecular complexity index is 668. The van der Waals surface area contributed by atoms with Gasteiger partial charge < -0.3 is 10.4 Å². The van der Waals surface area contributed by atoms with Crippen LogP contribution in [0.3, 0.4) is 0 Å². The third-order valence-corrected chi connectivity index (χ3v) is 2.54. The third kappa shape index (κ3) is 3.16. The molecule has 0 aliphatic rings. The Morgan fingerprint density at radius 2 is 2.20 bits per heavy atom. The van der Waals surface area contributed by atoms with Crippen molar-refractivity contribution in [2.75, 3.05) is 5.32 Å². The van der Waals surface area contributed by atoms with E-state index in [1.54, 1.807) is 13.0 Å². The van der Waals surface area contributed by atoms with E-state index in [1.165, 1.54) is 12.1 Å². The Balaban J connectivity index is 2.05. The minimum absolute atomic E-state index is 0.212. The van der Waals surface area contributed by atoms with Crippen LogP contribution in [0.2, 0.25) is 0 Å². The molecule has 0 saturated heterocycles. The molecule has 1 amide bonds. The number of anilines is 1. The first-order valence-electron chi connectivity index (χ1n) is 5.65. The Hall–Kier alpha value is -2.77. The van der Waals surface area contributed by atoms with Gasteiger partial charge in [-0.2, -0.15) is 0 Å². The van der Waals surface area contributed by atoms with Gasteiger partial charge in [0.1, 0.15) is 12.4 Å². The van der Waals surface area contributed by atoms with Crippen molar-refractivity contribution in [3.8, 4) is 0 Å². The zero-order valence-electron chi connectivity index (χ0n) is 10.5. The van der Waals surface area contributed by atoms with Crippen LogP contribution in [0.25, 0.3) is 0 Å². The van der Waals surface area contributed by atoms with Crippen LogP contribution in [0, 0.1) is 12.7 Å². The number of amides is 1. The van der Waals surface area contributed by atoms with E-state index in [9.17, 15) is 14.0 Å². The van der Waals surface area contributed by atoms with Gasteiger partial charge in [0.25, 0.3) is 0 Å². The number of halogens is 1. The summed E-state index contributed by atoms with van der Waals surface area (Å²) in [6.07, 6.45) is 1.14. The highest BCUT2D eigenvalue weighted by Crippen LogP contribution is 2.15. The predicted molar refractivity (Wildman–Crippen MR) is 66.7 cm³/mol. The number of benzene rings is 1. The van der Waals surface area contributed by atoms with E-state index in [0.29, 0.717) is 11.3 Å². The van der Waals surface area contributed by atoms with Crippen molar-refractivity contribution in [1.29, 1.82) is 0 Å². The van der Waals surface area contributed by atoms with E-state index >= 15 is 0 Å². The second-order valence-corrected chi connectivity index (χ2v) is 4.11. The van der Waals surface area contributed by atoms with Crippen molar-refractivity contribution in [1.82, 2.24) is 15.0 Å². The number of hydrogen-bond donors (Lipinski definition) is 2. The number of nitrogens with zero attached hydrogens (tertiary/aromatic N) is 3. The maximum absolute atomic E-state index is 13.1. The third-order valence-electron chi connectivity index (χ3n) is 2.54. The average molecular weight is 278 g/mol. The van der Waals surface area contributed by atoms with Gasteiger partial charge in [0, 0.05) is 5.69 Å². The number of aryl methyl sites for hydroxylation is 1. The highest BCUT2D eigenvalue weighted by atomic mass is 19.1. The topological polar surface area (TPSA) is 97.1 Å². The number of carbonyl (C=O) groups excluding carboxylic acids is 1. The fraction of sp³-hybridized carbons (Fsp3) is 0.167. The van der Waals surface area contributed by atoms with Gasteiger partial charge in [-0.05, 0) is 24.6 Å². The normalized spacial score (nSPS) is 10.3. The molecule has 0 saturated carbocycles. The first kappa shape index (κ1) is 13.7. The fourth-order valence-corrected chi connectivity index (χ4v) is 1.54. The number of nitrogens with one attached hydrogen (secondary N) is 1. The lowest BCUT2D eigenvalue weighted by atomic mass is 10.2. The van der Waals surface area contributed by atoms with E-state index < -0.39 is 17.7 Å². The molecule has 1 heterocycles. The zero-order valence-corrected chi connectivity index (χ0v) is 10.5. The van der Waals surface area contributed by atoms with Crippen LogP contribution in [0.1, 0.15) is 16.1 Å². The molecule has 0 unspecified atom stereocenters. The largest absolute Gasteiger partial charge is 0.476 e. The Morgan fingerprint density at radius 3 is 2.85 bits per heavy atom. The molecular weight excluding hydrogens is 267 g/mol.